The summed E-state index contributed by atoms with van der Waals surface area (Å²) in [5.74, 6) is -5.15. The molecule has 1 aliphatic heterocycles. The Morgan fingerprint density at radius 3 is 2.15 bits per heavy atom. The maximum atomic E-state index is 13.1. The summed E-state index contributed by atoms with van der Waals surface area (Å²) < 4.78 is 0. The van der Waals surface area contributed by atoms with E-state index in [0.717, 1.165) is 6.92 Å². The quantitative estimate of drug-likeness (QED) is 0.121. The number of carboxylic acid groups (broad SMARTS) is 1. The molecule has 1 unspecified atom stereocenters. The lowest BCUT2D eigenvalue weighted by Gasteiger charge is -2.29. The summed E-state index contributed by atoms with van der Waals surface area (Å²) in [6, 6.07) is -4.90. The van der Waals surface area contributed by atoms with Crippen molar-refractivity contribution in [3.8, 4) is 0 Å². The molecule has 1 heterocycles. The fourth-order valence-electron chi connectivity index (χ4n) is 3.64. The Morgan fingerprint density at radius 1 is 1.00 bits per heavy atom. The van der Waals surface area contributed by atoms with Crippen molar-refractivity contribution in [1.82, 2.24) is 20.9 Å². The van der Waals surface area contributed by atoms with Gasteiger partial charge in [0.25, 0.3) is 0 Å². The van der Waals surface area contributed by atoms with E-state index < -0.39 is 72.7 Å². The minimum absolute atomic E-state index is 0.169. The molecule has 0 bridgehead atoms. The molecule has 4 atom stereocenters. The molecule has 192 valence electrons. The minimum atomic E-state index is -1.59. The van der Waals surface area contributed by atoms with Crippen LogP contribution in [0, 0.1) is 0 Å². The SMILES string of the molecule is CC(=O)N[C@@H](CO)C(=O)N[C@@H](CC(=O)O)C(=O)N[C@@H](CCCCN)C(=O)N1CCCC1C(N)=O. The van der Waals surface area contributed by atoms with Gasteiger partial charge in [-0.05, 0) is 38.6 Å². The third kappa shape index (κ3) is 8.94. The molecule has 0 aliphatic carbocycles. The highest BCUT2D eigenvalue weighted by Gasteiger charge is 2.37. The van der Waals surface area contributed by atoms with Gasteiger partial charge in [-0.15, -0.1) is 0 Å². The number of aliphatic hydroxyl groups is 1. The van der Waals surface area contributed by atoms with Crippen LogP contribution >= 0.6 is 0 Å². The molecular formula is C20H34N6O8. The van der Waals surface area contributed by atoms with Crippen LogP contribution in [0.5, 0.6) is 0 Å². The van der Waals surface area contributed by atoms with Crippen molar-refractivity contribution in [1.29, 1.82) is 0 Å². The van der Waals surface area contributed by atoms with Gasteiger partial charge in [0.05, 0.1) is 13.0 Å². The molecule has 14 heteroatoms. The lowest BCUT2D eigenvalue weighted by atomic mass is 10.1. The second kappa shape index (κ2) is 14.1. The Bertz CT molecular complexity index is 776. The van der Waals surface area contributed by atoms with Crippen LogP contribution in [0.1, 0.15) is 45.4 Å². The summed E-state index contributed by atoms with van der Waals surface area (Å²) >= 11 is 0. The van der Waals surface area contributed by atoms with Crippen LogP contribution in [0.25, 0.3) is 0 Å². The summed E-state index contributed by atoms with van der Waals surface area (Å²) in [6.45, 7) is 0.967. The number of hydrogen-bond acceptors (Lipinski definition) is 8. The summed E-state index contributed by atoms with van der Waals surface area (Å²) in [5, 5.41) is 25.3. The third-order valence-corrected chi connectivity index (χ3v) is 5.31. The number of hydrogen-bond donors (Lipinski definition) is 7. The number of aliphatic carboxylic acids is 1. The number of carboxylic acids is 1. The summed E-state index contributed by atoms with van der Waals surface area (Å²) in [7, 11) is 0. The van der Waals surface area contributed by atoms with E-state index in [1.165, 1.54) is 4.90 Å². The number of carbonyl (C=O) groups excluding carboxylic acids is 5. The first-order valence-electron chi connectivity index (χ1n) is 11.0. The number of nitrogens with two attached hydrogens (primary N) is 2. The minimum Gasteiger partial charge on any atom is -0.481 e. The van der Waals surface area contributed by atoms with Crippen LogP contribution in [-0.2, 0) is 28.8 Å². The van der Waals surface area contributed by atoms with Crippen molar-refractivity contribution < 1.29 is 39.0 Å². The molecule has 0 saturated carbocycles. The van der Waals surface area contributed by atoms with Crippen LogP contribution in [0.4, 0.5) is 0 Å². The standard InChI is InChI=1S/C20H34N6O8/c1-11(28)23-14(10-27)19(33)25-13(9-16(29)30)18(32)24-12(5-2-3-7-21)20(34)26-8-4-6-15(26)17(22)31/h12-15,27H,2-10,21H2,1H3,(H2,22,31)(H,23,28)(H,24,32)(H,25,33)(H,29,30)/t12-,13-,14-,15?/m0/s1. The molecule has 34 heavy (non-hydrogen) atoms. The van der Waals surface area contributed by atoms with Gasteiger partial charge in [0.2, 0.25) is 29.5 Å². The van der Waals surface area contributed by atoms with E-state index in [2.05, 4.69) is 16.0 Å². The van der Waals surface area contributed by atoms with Gasteiger partial charge in [-0.3, -0.25) is 28.8 Å². The van der Waals surface area contributed by atoms with E-state index in [0.29, 0.717) is 32.2 Å². The highest BCUT2D eigenvalue weighted by Crippen LogP contribution is 2.19. The fourth-order valence-corrected chi connectivity index (χ4v) is 3.64. The average molecular weight is 487 g/mol. The Morgan fingerprint density at radius 2 is 1.62 bits per heavy atom. The first-order chi connectivity index (χ1) is 16.0. The van der Waals surface area contributed by atoms with Crippen LogP contribution < -0.4 is 27.4 Å². The van der Waals surface area contributed by atoms with Crippen LogP contribution in [-0.4, -0.2) is 94.5 Å². The van der Waals surface area contributed by atoms with Gasteiger partial charge in [-0.2, -0.15) is 0 Å². The van der Waals surface area contributed by atoms with Crippen LogP contribution in [0.3, 0.4) is 0 Å². The molecule has 9 N–H and O–H groups in total. The van der Waals surface area contributed by atoms with Gasteiger partial charge >= 0.3 is 5.97 Å². The average Bonchev–Trinajstić information content (AvgIpc) is 3.25. The predicted octanol–water partition coefficient (Wildman–Crippen LogP) is -3.47. The number of carbonyl (C=O) groups is 6. The van der Waals surface area contributed by atoms with E-state index in [-0.39, 0.29) is 13.0 Å². The Balaban J connectivity index is 3.03. The number of primary amides is 1. The summed E-state index contributed by atoms with van der Waals surface area (Å²) in [6.07, 6.45) is 1.34. The molecule has 1 fully saturated rings. The molecular weight excluding hydrogens is 452 g/mol. The van der Waals surface area contributed by atoms with Gasteiger partial charge in [0, 0.05) is 13.5 Å². The molecule has 1 rings (SSSR count). The molecule has 0 aromatic carbocycles. The number of nitrogens with zero attached hydrogens (tertiary/aromatic N) is 1. The Kier molecular flexibility index (Phi) is 11.9. The number of rotatable bonds is 14. The topological polar surface area (TPSA) is 234 Å². The lowest BCUT2D eigenvalue weighted by Crippen LogP contribution is -2.58. The van der Waals surface area contributed by atoms with E-state index in [1.807, 2.05) is 0 Å². The lowest BCUT2D eigenvalue weighted by molar-refractivity contribution is -0.143. The molecule has 0 aromatic rings. The van der Waals surface area contributed by atoms with Gasteiger partial charge in [0.15, 0.2) is 0 Å². The molecule has 0 aromatic heterocycles. The zero-order chi connectivity index (χ0) is 25.8. The first kappa shape index (κ1) is 28.8. The van der Waals surface area contributed by atoms with Crippen molar-refractivity contribution in [2.75, 3.05) is 19.7 Å². The van der Waals surface area contributed by atoms with E-state index >= 15 is 0 Å². The van der Waals surface area contributed by atoms with E-state index in [9.17, 15) is 39.0 Å². The Hall–Kier alpha value is -3.26. The van der Waals surface area contributed by atoms with Crippen molar-refractivity contribution in [3.63, 3.8) is 0 Å². The Labute approximate surface area is 196 Å². The van der Waals surface area contributed by atoms with Crippen LogP contribution in [0.2, 0.25) is 0 Å². The number of amides is 5. The van der Waals surface area contributed by atoms with Gasteiger partial charge in [-0.25, -0.2) is 0 Å². The maximum Gasteiger partial charge on any atom is 0.305 e. The highest BCUT2D eigenvalue weighted by atomic mass is 16.4. The largest absolute Gasteiger partial charge is 0.481 e. The zero-order valence-corrected chi connectivity index (χ0v) is 19.1. The van der Waals surface area contributed by atoms with E-state index in [1.54, 1.807) is 0 Å². The molecule has 0 spiro atoms. The van der Waals surface area contributed by atoms with Gasteiger partial charge in [0.1, 0.15) is 24.2 Å². The number of unbranched alkanes of at least 4 members (excludes halogenated alkanes) is 1. The molecule has 5 amide bonds. The number of nitrogens with one attached hydrogen (secondary N) is 3. The predicted molar refractivity (Wildman–Crippen MR) is 118 cm³/mol. The first-order valence-corrected chi connectivity index (χ1v) is 11.0. The smallest absolute Gasteiger partial charge is 0.305 e. The summed E-state index contributed by atoms with van der Waals surface area (Å²) in [5.41, 5.74) is 10.9. The normalized spacial score (nSPS) is 17.9. The van der Waals surface area contributed by atoms with Crippen molar-refractivity contribution in [2.24, 2.45) is 11.5 Å². The molecule has 1 saturated heterocycles. The zero-order valence-electron chi connectivity index (χ0n) is 19.1. The van der Waals surface area contributed by atoms with Gasteiger partial charge < -0.3 is 42.5 Å². The monoisotopic (exact) mass is 486 g/mol. The highest BCUT2D eigenvalue weighted by molar-refractivity contribution is 5.96. The summed E-state index contributed by atoms with van der Waals surface area (Å²) in [4.78, 5) is 73.9. The molecule has 14 nitrogen and oxygen atoms in total. The van der Waals surface area contributed by atoms with Gasteiger partial charge in [-0.1, -0.05) is 0 Å². The van der Waals surface area contributed by atoms with Crippen LogP contribution in [0.15, 0.2) is 0 Å². The second-order valence-electron chi connectivity index (χ2n) is 8.03. The fraction of sp³-hybridized carbons (Fsp3) is 0.700. The second-order valence-corrected chi connectivity index (χ2v) is 8.03. The maximum absolute atomic E-state index is 13.1. The van der Waals surface area contributed by atoms with Crippen molar-refractivity contribution >= 4 is 35.5 Å². The van der Waals surface area contributed by atoms with E-state index in [4.69, 9.17) is 11.5 Å². The molecule has 1 aliphatic rings. The number of likely N-dealkylation sites (tertiary alicyclic amines) is 1. The van der Waals surface area contributed by atoms with Crippen molar-refractivity contribution in [3.05, 3.63) is 0 Å². The number of aliphatic hydroxyl groups excluding tert-OH is 1. The van der Waals surface area contributed by atoms with Crippen molar-refractivity contribution in [2.45, 2.75) is 69.6 Å². The third-order valence-electron chi connectivity index (χ3n) is 5.31. The molecule has 0 radical (unpaired) electrons.